The largest absolute Gasteiger partial charge is 0.465 e. The van der Waals surface area contributed by atoms with Crippen molar-refractivity contribution >= 4 is 5.97 Å². The number of carbonyl (C=O) groups is 1. The fourth-order valence-electron chi connectivity index (χ4n) is 2.32. The second kappa shape index (κ2) is 6.83. The quantitative estimate of drug-likeness (QED) is 0.633. The third-order valence-electron chi connectivity index (χ3n) is 2.99. The molecule has 0 saturated heterocycles. The van der Waals surface area contributed by atoms with Gasteiger partial charge in [0, 0.05) is 6.04 Å². The molecule has 88 valence electrons. The van der Waals surface area contributed by atoms with Crippen LogP contribution in [0.15, 0.2) is 0 Å². The minimum absolute atomic E-state index is 0.0714. The lowest BCUT2D eigenvalue weighted by atomic mass is 10.2. The van der Waals surface area contributed by atoms with Crippen molar-refractivity contribution in [3.8, 4) is 0 Å². The Bertz CT molecular complexity index is 188. The van der Waals surface area contributed by atoms with Crippen molar-refractivity contribution in [3.63, 3.8) is 0 Å². The van der Waals surface area contributed by atoms with Crippen LogP contribution in [0.3, 0.4) is 0 Å². The molecule has 1 fully saturated rings. The van der Waals surface area contributed by atoms with Crippen molar-refractivity contribution in [2.75, 3.05) is 19.7 Å². The van der Waals surface area contributed by atoms with Crippen LogP contribution in [-0.4, -0.2) is 36.6 Å². The number of ether oxygens (including phenoxy) is 1. The first kappa shape index (κ1) is 12.5. The zero-order chi connectivity index (χ0) is 11.1. The molecule has 0 atom stereocenters. The summed E-state index contributed by atoms with van der Waals surface area (Å²) in [7, 11) is 0. The summed E-state index contributed by atoms with van der Waals surface area (Å²) in [5.41, 5.74) is 0. The van der Waals surface area contributed by atoms with E-state index in [1.165, 1.54) is 25.7 Å². The highest BCUT2D eigenvalue weighted by atomic mass is 16.5. The molecule has 0 radical (unpaired) electrons. The molecule has 1 saturated carbocycles. The zero-order valence-corrected chi connectivity index (χ0v) is 10.00. The zero-order valence-electron chi connectivity index (χ0n) is 10.00. The summed E-state index contributed by atoms with van der Waals surface area (Å²) in [4.78, 5) is 13.7. The lowest BCUT2D eigenvalue weighted by Crippen LogP contribution is -2.38. The molecule has 0 heterocycles. The van der Waals surface area contributed by atoms with Gasteiger partial charge in [-0.25, -0.2) is 0 Å². The highest BCUT2D eigenvalue weighted by Gasteiger charge is 2.23. The molecule has 0 N–H and O–H groups in total. The molecule has 0 unspecified atom stereocenters. The normalized spacial score (nSPS) is 17.3. The predicted octanol–water partition coefficient (Wildman–Crippen LogP) is 2.20. The summed E-state index contributed by atoms with van der Waals surface area (Å²) in [6, 6.07) is 0.620. The summed E-state index contributed by atoms with van der Waals surface area (Å²) in [6.45, 7) is 6.00. The van der Waals surface area contributed by atoms with Crippen molar-refractivity contribution in [1.29, 1.82) is 0 Å². The Morgan fingerprint density at radius 2 is 2.00 bits per heavy atom. The van der Waals surface area contributed by atoms with Crippen molar-refractivity contribution in [2.24, 2.45) is 0 Å². The van der Waals surface area contributed by atoms with Crippen LogP contribution in [0.5, 0.6) is 0 Å². The van der Waals surface area contributed by atoms with Gasteiger partial charge < -0.3 is 4.74 Å². The van der Waals surface area contributed by atoms with Crippen molar-refractivity contribution in [3.05, 3.63) is 0 Å². The number of hydrogen-bond acceptors (Lipinski definition) is 3. The number of rotatable bonds is 6. The SMILES string of the molecule is CCCN(CC(=O)OCC)C1CCCC1. The van der Waals surface area contributed by atoms with Crippen LogP contribution in [0.25, 0.3) is 0 Å². The standard InChI is InChI=1S/C12H23NO2/c1-3-9-13(10-12(14)15-4-2)11-7-5-6-8-11/h11H,3-10H2,1-2H3. The van der Waals surface area contributed by atoms with Crippen molar-refractivity contribution < 1.29 is 9.53 Å². The number of nitrogens with zero attached hydrogens (tertiary/aromatic N) is 1. The van der Waals surface area contributed by atoms with E-state index in [0.717, 1.165) is 13.0 Å². The Morgan fingerprint density at radius 3 is 2.53 bits per heavy atom. The van der Waals surface area contributed by atoms with E-state index < -0.39 is 0 Å². The van der Waals surface area contributed by atoms with Gasteiger partial charge in [-0.2, -0.15) is 0 Å². The van der Waals surface area contributed by atoms with E-state index in [1.54, 1.807) is 0 Å². The highest BCUT2D eigenvalue weighted by Crippen LogP contribution is 2.23. The first-order valence-electron chi connectivity index (χ1n) is 6.17. The summed E-state index contributed by atoms with van der Waals surface area (Å²) in [6.07, 6.45) is 6.23. The first-order chi connectivity index (χ1) is 7.27. The molecular weight excluding hydrogens is 190 g/mol. The molecule has 0 aromatic carbocycles. The first-order valence-corrected chi connectivity index (χ1v) is 6.17. The van der Waals surface area contributed by atoms with Gasteiger partial charge in [-0.3, -0.25) is 9.69 Å². The van der Waals surface area contributed by atoms with Crippen LogP contribution in [0, 0.1) is 0 Å². The fraction of sp³-hybridized carbons (Fsp3) is 0.917. The number of hydrogen-bond donors (Lipinski definition) is 0. The van der Waals surface area contributed by atoms with E-state index in [-0.39, 0.29) is 5.97 Å². The van der Waals surface area contributed by atoms with Gasteiger partial charge >= 0.3 is 5.97 Å². The molecule has 0 spiro atoms. The maximum absolute atomic E-state index is 11.4. The van der Waals surface area contributed by atoms with Gasteiger partial charge in [0.2, 0.25) is 0 Å². The lowest BCUT2D eigenvalue weighted by Gasteiger charge is -2.27. The fourth-order valence-corrected chi connectivity index (χ4v) is 2.32. The highest BCUT2D eigenvalue weighted by molar-refractivity contribution is 5.71. The Labute approximate surface area is 92.8 Å². The third kappa shape index (κ3) is 4.20. The second-order valence-corrected chi connectivity index (χ2v) is 4.21. The maximum atomic E-state index is 11.4. The molecule has 15 heavy (non-hydrogen) atoms. The Kier molecular flexibility index (Phi) is 5.69. The van der Waals surface area contributed by atoms with Gasteiger partial charge in [-0.15, -0.1) is 0 Å². The number of esters is 1. The molecule has 1 aliphatic rings. The molecule has 0 amide bonds. The number of carbonyl (C=O) groups excluding carboxylic acids is 1. The predicted molar refractivity (Wildman–Crippen MR) is 60.8 cm³/mol. The topological polar surface area (TPSA) is 29.5 Å². The van der Waals surface area contributed by atoms with E-state index >= 15 is 0 Å². The van der Waals surface area contributed by atoms with Gasteiger partial charge in [0.05, 0.1) is 13.2 Å². The van der Waals surface area contributed by atoms with Gasteiger partial charge in [-0.05, 0) is 32.7 Å². The van der Waals surface area contributed by atoms with Crippen LogP contribution < -0.4 is 0 Å². The monoisotopic (exact) mass is 213 g/mol. The van der Waals surface area contributed by atoms with Gasteiger partial charge in [0.15, 0.2) is 0 Å². The van der Waals surface area contributed by atoms with E-state index in [9.17, 15) is 4.79 Å². The maximum Gasteiger partial charge on any atom is 0.320 e. The van der Waals surface area contributed by atoms with Gasteiger partial charge in [-0.1, -0.05) is 19.8 Å². The van der Waals surface area contributed by atoms with Crippen LogP contribution in [0.1, 0.15) is 46.0 Å². The molecular formula is C12H23NO2. The van der Waals surface area contributed by atoms with Gasteiger partial charge in [0.25, 0.3) is 0 Å². The molecule has 0 aliphatic heterocycles. The molecule has 3 heteroatoms. The minimum Gasteiger partial charge on any atom is -0.465 e. The van der Waals surface area contributed by atoms with Gasteiger partial charge in [0.1, 0.15) is 0 Å². The molecule has 0 bridgehead atoms. The van der Waals surface area contributed by atoms with E-state index in [2.05, 4.69) is 11.8 Å². The summed E-state index contributed by atoms with van der Waals surface area (Å²) >= 11 is 0. The molecule has 1 rings (SSSR count). The Balaban J connectivity index is 2.38. The Morgan fingerprint density at radius 1 is 1.33 bits per heavy atom. The molecule has 0 aromatic heterocycles. The smallest absolute Gasteiger partial charge is 0.320 e. The minimum atomic E-state index is -0.0714. The van der Waals surface area contributed by atoms with Crippen molar-refractivity contribution in [1.82, 2.24) is 4.90 Å². The molecule has 1 aliphatic carbocycles. The lowest BCUT2D eigenvalue weighted by molar-refractivity contribution is -0.145. The van der Waals surface area contributed by atoms with Crippen LogP contribution >= 0.6 is 0 Å². The average molecular weight is 213 g/mol. The molecule has 3 nitrogen and oxygen atoms in total. The summed E-state index contributed by atoms with van der Waals surface area (Å²) in [5.74, 6) is -0.0714. The van der Waals surface area contributed by atoms with E-state index in [4.69, 9.17) is 4.74 Å². The Hall–Kier alpha value is -0.570. The van der Waals surface area contributed by atoms with Crippen molar-refractivity contribution in [2.45, 2.75) is 52.0 Å². The van der Waals surface area contributed by atoms with Crippen LogP contribution in [0.2, 0.25) is 0 Å². The average Bonchev–Trinajstić information content (AvgIpc) is 2.70. The van der Waals surface area contributed by atoms with E-state index in [0.29, 0.717) is 19.2 Å². The summed E-state index contributed by atoms with van der Waals surface area (Å²) < 4.78 is 5.00. The second-order valence-electron chi connectivity index (χ2n) is 4.21. The van der Waals surface area contributed by atoms with E-state index in [1.807, 2.05) is 6.92 Å². The third-order valence-corrected chi connectivity index (χ3v) is 2.99. The summed E-state index contributed by atoms with van der Waals surface area (Å²) in [5, 5.41) is 0. The van der Waals surface area contributed by atoms with Crippen LogP contribution in [-0.2, 0) is 9.53 Å². The van der Waals surface area contributed by atoms with Crippen LogP contribution in [0.4, 0.5) is 0 Å². The molecule has 0 aromatic rings.